The van der Waals surface area contributed by atoms with Gasteiger partial charge in [0.05, 0.1) is 18.1 Å². The number of nitrogens with one attached hydrogen (secondary N) is 2. The van der Waals surface area contributed by atoms with Crippen molar-refractivity contribution in [2.24, 2.45) is 0 Å². The van der Waals surface area contributed by atoms with Crippen LogP contribution in [-0.4, -0.2) is 26.6 Å². The number of hydrogen-bond acceptors (Lipinski definition) is 3. The fourth-order valence-electron chi connectivity index (χ4n) is 1.37. The second kappa shape index (κ2) is 6.98. The zero-order chi connectivity index (χ0) is 12.8. The number of rotatable bonds is 5. The lowest BCUT2D eigenvalue weighted by Crippen LogP contribution is -2.31. The number of methoxy groups -OCH3 is 1. The van der Waals surface area contributed by atoms with Crippen LogP contribution >= 0.6 is 31.9 Å². The molecule has 0 saturated heterocycles. The number of halogens is 2. The minimum atomic E-state index is -0.0435. The van der Waals surface area contributed by atoms with E-state index in [1.54, 1.807) is 14.2 Å². The van der Waals surface area contributed by atoms with Crippen LogP contribution in [0.4, 0.5) is 0 Å². The standard InChI is InChI=1S/C11H14Br2N2O2/c1-14-10(16)6-15-5-7-3-8(12)4-9(13)11(7)17-2/h3-4,15H,5-6H2,1-2H3,(H,14,16). The zero-order valence-electron chi connectivity index (χ0n) is 9.64. The first-order valence-electron chi connectivity index (χ1n) is 5.01. The monoisotopic (exact) mass is 364 g/mol. The predicted molar refractivity (Wildman–Crippen MR) is 74.2 cm³/mol. The molecule has 1 amide bonds. The highest BCUT2D eigenvalue weighted by atomic mass is 79.9. The summed E-state index contributed by atoms with van der Waals surface area (Å²) in [5.41, 5.74) is 0.984. The van der Waals surface area contributed by atoms with Crippen molar-refractivity contribution in [2.45, 2.75) is 6.54 Å². The number of benzene rings is 1. The minimum absolute atomic E-state index is 0.0435. The molecule has 1 rings (SSSR count). The van der Waals surface area contributed by atoms with E-state index in [2.05, 4.69) is 42.5 Å². The number of likely N-dealkylation sites (N-methyl/N-ethyl adjacent to an activating group) is 1. The van der Waals surface area contributed by atoms with Gasteiger partial charge in [-0.3, -0.25) is 4.79 Å². The summed E-state index contributed by atoms with van der Waals surface area (Å²) < 4.78 is 7.15. The SMILES string of the molecule is CNC(=O)CNCc1cc(Br)cc(Br)c1OC. The smallest absolute Gasteiger partial charge is 0.233 e. The van der Waals surface area contributed by atoms with Crippen LogP contribution in [0.15, 0.2) is 21.1 Å². The molecule has 17 heavy (non-hydrogen) atoms. The van der Waals surface area contributed by atoms with Crippen molar-refractivity contribution in [1.82, 2.24) is 10.6 Å². The summed E-state index contributed by atoms with van der Waals surface area (Å²) in [6.45, 7) is 0.846. The largest absolute Gasteiger partial charge is 0.495 e. The van der Waals surface area contributed by atoms with Crippen molar-refractivity contribution in [2.75, 3.05) is 20.7 Å². The number of amides is 1. The van der Waals surface area contributed by atoms with Gasteiger partial charge < -0.3 is 15.4 Å². The topological polar surface area (TPSA) is 50.4 Å². The molecule has 2 N–H and O–H groups in total. The first-order valence-corrected chi connectivity index (χ1v) is 6.60. The predicted octanol–water partition coefficient (Wildman–Crippen LogP) is 2.06. The average Bonchev–Trinajstić information content (AvgIpc) is 2.28. The molecule has 0 aliphatic rings. The van der Waals surface area contributed by atoms with Crippen LogP contribution in [0.5, 0.6) is 5.75 Å². The Balaban J connectivity index is 2.72. The molecule has 0 fully saturated rings. The van der Waals surface area contributed by atoms with Crippen LogP contribution in [-0.2, 0) is 11.3 Å². The average molecular weight is 366 g/mol. The number of ether oxygens (including phenoxy) is 1. The Morgan fingerprint density at radius 2 is 2.12 bits per heavy atom. The molecule has 6 heteroatoms. The maximum absolute atomic E-state index is 11.1. The van der Waals surface area contributed by atoms with E-state index in [4.69, 9.17) is 4.74 Å². The van der Waals surface area contributed by atoms with Gasteiger partial charge in [0.15, 0.2) is 0 Å². The molecule has 0 spiro atoms. The van der Waals surface area contributed by atoms with E-state index in [0.29, 0.717) is 6.54 Å². The third-order valence-electron chi connectivity index (χ3n) is 2.17. The summed E-state index contributed by atoms with van der Waals surface area (Å²) in [5.74, 6) is 0.732. The molecular formula is C11H14Br2N2O2. The van der Waals surface area contributed by atoms with Gasteiger partial charge in [-0.05, 0) is 28.1 Å². The van der Waals surface area contributed by atoms with Crippen LogP contribution in [0.2, 0.25) is 0 Å². The van der Waals surface area contributed by atoms with Crippen molar-refractivity contribution in [3.05, 3.63) is 26.6 Å². The van der Waals surface area contributed by atoms with Crippen LogP contribution in [0.25, 0.3) is 0 Å². The van der Waals surface area contributed by atoms with E-state index in [9.17, 15) is 4.79 Å². The summed E-state index contributed by atoms with van der Waals surface area (Å²) in [6.07, 6.45) is 0. The lowest BCUT2D eigenvalue weighted by atomic mass is 10.2. The molecule has 0 bridgehead atoms. The van der Waals surface area contributed by atoms with E-state index in [0.717, 1.165) is 20.3 Å². The van der Waals surface area contributed by atoms with Crippen molar-refractivity contribution in [3.8, 4) is 5.75 Å². The molecule has 0 saturated carbocycles. The Morgan fingerprint density at radius 3 is 2.71 bits per heavy atom. The Hall–Kier alpha value is -0.590. The molecule has 0 aromatic heterocycles. The maximum atomic E-state index is 11.1. The second-order valence-electron chi connectivity index (χ2n) is 3.36. The Kier molecular flexibility index (Phi) is 5.94. The van der Waals surface area contributed by atoms with E-state index in [-0.39, 0.29) is 12.5 Å². The Bertz CT molecular complexity index is 411. The van der Waals surface area contributed by atoms with Gasteiger partial charge in [-0.15, -0.1) is 0 Å². The van der Waals surface area contributed by atoms with Crippen molar-refractivity contribution >= 4 is 37.8 Å². The number of hydrogen-bond donors (Lipinski definition) is 2. The first kappa shape index (κ1) is 14.5. The van der Waals surface area contributed by atoms with Gasteiger partial charge in [0.2, 0.25) is 5.91 Å². The van der Waals surface area contributed by atoms with Crippen molar-refractivity contribution in [3.63, 3.8) is 0 Å². The fourth-order valence-corrected chi connectivity index (χ4v) is 2.85. The summed E-state index contributed by atoms with van der Waals surface area (Å²) in [6, 6.07) is 3.88. The second-order valence-corrected chi connectivity index (χ2v) is 5.13. The van der Waals surface area contributed by atoms with Gasteiger partial charge in [-0.2, -0.15) is 0 Å². The van der Waals surface area contributed by atoms with Gasteiger partial charge >= 0.3 is 0 Å². The summed E-state index contributed by atoms with van der Waals surface area (Å²) in [4.78, 5) is 11.1. The normalized spacial score (nSPS) is 10.1. The quantitative estimate of drug-likeness (QED) is 0.839. The van der Waals surface area contributed by atoms with Crippen LogP contribution in [0, 0.1) is 0 Å². The summed E-state index contributed by atoms with van der Waals surface area (Å²) in [7, 11) is 3.23. The van der Waals surface area contributed by atoms with Crippen LogP contribution < -0.4 is 15.4 Å². The lowest BCUT2D eigenvalue weighted by Gasteiger charge is -2.12. The zero-order valence-corrected chi connectivity index (χ0v) is 12.8. The van der Waals surface area contributed by atoms with Crippen molar-refractivity contribution < 1.29 is 9.53 Å². The first-order chi connectivity index (χ1) is 8.08. The highest BCUT2D eigenvalue weighted by Gasteiger charge is 2.09. The third kappa shape index (κ3) is 4.29. The van der Waals surface area contributed by atoms with Crippen molar-refractivity contribution in [1.29, 1.82) is 0 Å². The highest BCUT2D eigenvalue weighted by Crippen LogP contribution is 2.32. The molecule has 0 aliphatic heterocycles. The molecule has 0 atom stereocenters. The molecule has 0 aliphatic carbocycles. The molecule has 4 nitrogen and oxygen atoms in total. The molecule has 0 heterocycles. The highest BCUT2D eigenvalue weighted by molar-refractivity contribution is 9.11. The van der Waals surface area contributed by atoms with Gasteiger partial charge in [0.25, 0.3) is 0 Å². The molecule has 0 unspecified atom stereocenters. The molecule has 94 valence electrons. The molecule has 1 aromatic carbocycles. The lowest BCUT2D eigenvalue weighted by molar-refractivity contribution is -0.119. The summed E-state index contributed by atoms with van der Waals surface area (Å²) in [5, 5.41) is 5.60. The molecular weight excluding hydrogens is 352 g/mol. The number of carbonyl (C=O) groups excluding carboxylic acids is 1. The Morgan fingerprint density at radius 1 is 1.41 bits per heavy atom. The van der Waals surface area contributed by atoms with Gasteiger partial charge in [0.1, 0.15) is 5.75 Å². The third-order valence-corrected chi connectivity index (χ3v) is 3.22. The minimum Gasteiger partial charge on any atom is -0.495 e. The van der Waals surface area contributed by atoms with E-state index in [1.165, 1.54) is 0 Å². The van der Waals surface area contributed by atoms with Crippen LogP contribution in [0.3, 0.4) is 0 Å². The van der Waals surface area contributed by atoms with E-state index >= 15 is 0 Å². The van der Waals surface area contributed by atoms with E-state index in [1.807, 2.05) is 12.1 Å². The fraction of sp³-hybridized carbons (Fsp3) is 0.364. The van der Waals surface area contributed by atoms with Gasteiger partial charge in [0, 0.05) is 23.6 Å². The summed E-state index contributed by atoms with van der Waals surface area (Å²) >= 11 is 6.85. The van der Waals surface area contributed by atoms with Gasteiger partial charge in [-0.25, -0.2) is 0 Å². The number of carbonyl (C=O) groups is 1. The molecule has 0 radical (unpaired) electrons. The van der Waals surface area contributed by atoms with Crippen LogP contribution in [0.1, 0.15) is 5.56 Å². The Labute approximate surface area is 117 Å². The van der Waals surface area contributed by atoms with E-state index < -0.39 is 0 Å². The molecule has 1 aromatic rings. The maximum Gasteiger partial charge on any atom is 0.233 e. The van der Waals surface area contributed by atoms with Gasteiger partial charge in [-0.1, -0.05) is 15.9 Å².